The van der Waals surface area contributed by atoms with Crippen molar-refractivity contribution < 1.29 is 13.5 Å². The van der Waals surface area contributed by atoms with E-state index in [0.29, 0.717) is 5.92 Å². The van der Waals surface area contributed by atoms with Crippen LogP contribution in [0.3, 0.4) is 0 Å². The van der Waals surface area contributed by atoms with Crippen molar-refractivity contribution >= 4 is 0 Å². The molecule has 1 nitrogen and oxygen atoms in total. The average Bonchev–Trinajstić information content (AvgIpc) is 2.81. The Hall–Kier alpha value is -2.34. The number of benzene rings is 2. The number of hydrogen-bond donors (Lipinski definition) is 0. The van der Waals surface area contributed by atoms with E-state index in [9.17, 15) is 8.78 Å². The highest BCUT2D eigenvalue weighted by atomic mass is 19.2. The van der Waals surface area contributed by atoms with E-state index in [2.05, 4.69) is 43.0 Å². The Bertz CT molecular complexity index is 884. The number of methoxy groups -OCH3 is 1. The maximum Gasteiger partial charge on any atom is 0.201 e. The van der Waals surface area contributed by atoms with E-state index in [0.717, 1.165) is 25.7 Å². The maximum atomic E-state index is 14.1. The highest BCUT2D eigenvalue weighted by molar-refractivity contribution is 5.41. The normalized spacial score (nSPS) is 18.3. The summed E-state index contributed by atoms with van der Waals surface area (Å²) < 4.78 is 32.7. The van der Waals surface area contributed by atoms with Crippen molar-refractivity contribution in [3.63, 3.8) is 0 Å². The van der Waals surface area contributed by atoms with E-state index in [-0.39, 0.29) is 17.2 Å². The predicted molar refractivity (Wildman–Crippen MR) is 123 cm³/mol. The van der Waals surface area contributed by atoms with Crippen LogP contribution in [0.15, 0.2) is 36.4 Å². The summed E-state index contributed by atoms with van der Waals surface area (Å²) >= 11 is 0. The molecule has 0 saturated heterocycles. The largest absolute Gasteiger partial charge is 0.494 e. The van der Waals surface area contributed by atoms with Crippen molar-refractivity contribution in [3.8, 4) is 17.6 Å². The van der Waals surface area contributed by atoms with Gasteiger partial charge in [-0.3, -0.25) is 0 Å². The second-order valence-corrected chi connectivity index (χ2v) is 8.67. The van der Waals surface area contributed by atoms with Gasteiger partial charge >= 0.3 is 0 Å². The van der Waals surface area contributed by atoms with Gasteiger partial charge in [-0.1, -0.05) is 68.7 Å². The third kappa shape index (κ3) is 6.57. The molecule has 1 fully saturated rings. The van der Waals surface area contributed by atoms with E-state index in [4.69, 9.17) is 4.74 Å². The zero-order valence-corrected chi connectivity index (χ0v) is 18.9. The zero-order valence-electron chi connectivity index (χ0n) is 18.9. The van der Waals surface area contributed by atoms with Gasteiger partial charge in [0.25, 0.3) is 0 Å². The number of rotatable bonds is 8. The molecule has 3 heteroatoms. The molecule has 1 saturated carbocycles. The van der Waals surface area contributed by atoms with E-state index in [1.165, 1.54) is 68.9 Å². The molecule has 2 aromatic rings. The quantitative estimate of drug-likeness (QED) is 0.310. The topological polar surface area (TPSA) is 9.23 Å². The summed E-state index contributed by atoms with van der Waals surface area (Å²) in [5.74, 6) is 4.84. The first kappa shape index (κ1) is 23.3. The second kappa shape index (κ2) is 11.9. The van der Waals surface area contributed by atoms with Crippen molar-refractivity contribution in [2.75, 3.05) is 7.11 Å². The number of hydrogen-bond acceptors (Lipinski definition) is 1. The third-order valence-corrected chi connectivity index (χ3v) is 6.43. The molecule has 3 rings (SSSR count). The number of ether oxygens (including phenoxy) is 1. The lowest BCUT2D eigenvalue weighted by atomic mass is 9.78. The van der Waals surface area contributed by atoms with Crippen molar-refractivity contribution in [3.05, 3.63) is 64.7 Å². The summed E-state index contributed by atoms with van der Waals surface area (Å²) in [5, 5.41) is 0. The number of unbranched alkanes of at least 4 members (excludes halogenated alkanes) is 4. The molecule has 0 aliphatic heterocycles. The summed E-state index contributed by atoms with van der Waals surface area (Å²) in [6, 6.07) is 12.1. The van der Waals surface area contributed by atoms with Crippen LogP contribution in [0.5, 0.6) is 5.75 Å². The average molecular weight is 425 g/mol. The summed E-state index contributed by atoms with van der Waals surface area (Å²) in [5.41, 5.74) is 2.96. The van der Waals surface area contributed by atoms with Gasteiger partial charge in [-0.25, -0.2) is 4.39 Å². The van der Waals surface area contributed by atoms with Crippen LogP contribution in [-0.4, -0.2) is 7.11 Å². The minimum atomic E-state index is -0.970. The molecule has 0 radical (unpaired) electrons. The molecule has 0 aromatic heterocycles. The maximum absolute atomic E-state index is 14.1. The summed E-state index contributed by atoms with van der Waals surface area (Å²) in [6.45, 7) is 2.25. The molecule has 2 aromatic carbocycles. The third-order valence-electron chi connectivity index (χ3n) is 6.43. The van der Waals surface area contributed by atoms with Gasteiger partial charge in [0.05, 0.1) is 12.7 Å². The van der Waals surface area contributed by atoms with Gasteiger partial charge in [0.2, 0.25) is 5.82 Å². The highest BCUT2D eigenvalue weighted by Crippen LogP contribution is 2.35. The van der Waals surface area contributed by atoms with E-state index in [1.807, 2.05) is 0 Å². The zero-order chi connectivity index (χ0) is 22.1. The molecule has 166 valence electrons. The molecular weight excluding hydrogens is 390 g/mol. The minimum Gasteiger partial charge on any atom is -0.494 e. The number of halogens is 2. The Balaban J connectivity index is 1.49. The summed E-state index contributed by atoms with van der Waals surface area (Å²) in [7, 11) is 1.32. The molecule has 1 aliphatic rings. The van der Waals surface area contributed by atoms with E-state index < -0.39 is 11.6 Å². The first-order valence-corrected chi connectivity index (χ1v) is 11.7. The first-order valence-electron chi connectivity index (χ1n) is 11.7. The van der Waals surface area contributed by atoms with Crippen LogP contribution in [0.4, 0.5) is 8.78 Å². The summed E-state index contributed by atoms with van der Waals surface area (Å²) in [6.07, 6.45) is 11.9. The van der Waals surface area contributed by atoms with Crippen LogP contribution in [0, 0.1) is 29.4 Å². The molecule has 0 spiro atoms. The Morgan fingerprint density at radius 2 is 1.58 bits per heavy atom. The summed E-state index contributed by atoms with van der Waals surface area (Å²) in [4.78, 5) is 0. The van der Waals surface area contributed by atoms with Gasteiger partial charge < -0.3 is 4.74 Å². The van der Waals surface area contributed by atoms with Crippen LogP contribution in [-0.2, 0) is 6.42 Å². The molecule has 0 amide bonds. The fraction of sp³-hybridized carbons (Fsp3) is 0.500. The van der Waals surface area contributed by atoms with Crippen LogP contribution < -0.4 is 4.74 Å². The molecule has 1 aliphatic carbocycles. The van der Waals surface area contributed by atoms with E-state index in [1.54, 1.807) is 0 Å². The standard InChI is InChI=1S/C28H34F2O/c1-3-4-5-6-7-8-21-9-14-23(15-10-21)24-16-11-22(12-17-24)13-18-25-19-20-26(31-2)28(30)27(25)29/h9-10,14-15,19-20,22,24H,3-8,11-12,16-17H2,1-2H3. The molecular formula is C28H34F2O. The van der Waals surface area contributed by atoms with E-state index >= 15 is 0 Å². The fourth-order valence-electron chi connectivity index (χ4n) is 4.43. The van der Waals surface area contributed by atoms with Crippen molar-refractivity contribution in [1.29, 1.82) is 0 Å². The number of aryl methyl sites for hydroxylation is 1. The van der Waals surface area contributed by atoms with Crippen LogP contribution in [0.1, 0.15) is 87.3 Å². The lowest BCUT2D eigenvalue weighted by molar-refractivity contribution is 0.371. The van der Waals surface area contributed by atoms with Gasteiger partial charge in [-0.2, -0.15) is 4.39 Å². The fourth-order valence-corrected chi connectivity index (χ4v) is 4.43. The van der Waals surface area contributed by atoms with Gasteiger partial charge in [-0.05, 0) is 67.7 Å². The molecule has 0 unspecified atom stereocenters. The second-order valence-electron chi connectivity index (χ2n) is 8.67. The van der Waals surface area contributed by atoms with Crippen LogP contribution >= 0.6 is 0 Å². The smallest absolute Gasteiger partial charge is 0.201 e. The molecule has 0 heterocycles. The van der Waals surface area contributed by atoms with Gasteiger partial charge in [0, 0.05) is 5.92 Å². The molecule has 0 atom stereocenters. The predicted octanol–water partition coefficient (Wildman–Crippen LogP) is 7.81. The van der Waals surface area contributed by atoms with Crippen LogP contribution in [0.25, 0.3) is 0 Å². The minimum absolute atomic E-state index is 0.0916. The van der Waals surface area contributed by atoms with Crippen molar-refractivity contribution in [2.45, 2.75) is 77.0 Å². The Labute approximate surface area is 186 Å². The lowest BCUT2D eigenvalue weighted by Crippen LogP contribution is -2.12. The molecule has 31 heavy (non-hydrogen) atoms. The SMILES string of the molecule is CCCCCCCc1ccc(C2CCC(C#Cc3ccc(OC)c(F)c3F)CC2)cc1. The lowest BCUT2D eigenvalue weighted by Gasteiger charge is -2.26. The van der Waals surface area contributed by atoms with Gasteiger partial charge in [0.1, 0.15) is 0 Å². The van der Waals surface area contributed by atoms with Crippen molar-refractivity contribution in [2.24, 2.45) is 5.92 Å². The Morgan fingerprint density at radius 3 is 2.26 bits per heavy atom. The highest BCUT2D eigenvalue weighted by Gasteiger charge is 2.21. The first-order chi connectivity index (χ1) is 15.1. The van der Waals surface area contributed by atoms with Crippen LogP contribution in [0.2, 0.25) is 0 Å². The van der Waals surface area contributed by atoms with Crippen molar-refractivity contribution in [1.82, 2.24) is 0 Å². The van der Waals surface area contributed by atoms with Gasteiger partial charge in [0.15, 0.2) is 11.6 Å². The monoisotopic (exact) mass is 424 g/mol. The van der Waals surface area contributed by atoms with Gasteiger partial charge in [-0.15, -0.1) is 0 Å². The Morgan fingerprint density at radius 1 is 0.871 bits per heavy atom. The Kier molecular flexibility index (Phi) is 8.95. The molecule has 0 N–H and O–H groups in total. The molecule has 0 bridgehead atoms.